The summed E-state index contributed by atoms with van der Waals surface area (Å²) in [7, 11) is 1.28. The van der Waals surface area contributed by atoms with Crippen molar-refractivity contribution >= 4 is 17.6 Å². The predicted molar refractivity (Wildman–Crippen MR) is 55.6 cm³/mol. The van der Waals surface area contributed by atoms with Gasteiger partial charge in [-0.3, -0.25) is 4.79 Å². The first-order valence-corrected chi connectivity index (χ1v) is 4.79. The van der Waals surface area contributed by atoms with Gasteiger partial charge < -0.3 is 9.84 Å². The first kappa shape index (κ1) is 11.9. The van der Waals surface area contributed by atoms with E-state index in [1.54, 1.807) is 13.0 Å². The van der Waals surface area contributed by atoms with Crippen molar-refractivity contribution in [3.05, 3.63) is 28.5 Å². The summed E-state index contributed by atoms with van der Waals surface area (Å²) < 4.78 is 4.45. The van der Waals surface area contributed by atoms with Crippen LogP contribution in [0.25, 0.3) is 0 Å². The maximum absolute atomic E-state index is 10.9. The quantitative estimate of drug-likeness (QED) is 0.632. The van der Waals surface area contributed by atoms with Crippen LogP contribution in [0.15, 0.2) is 12.3 Å². The van der Waals surface area contributed by atoms with E-state index in [0.717, 1.165) is 5.56 Å². The van der Waals surface area contributed by atoms with Gasteiger partial charge in [-0.05, 0) is 24.1 Å². The van der Waals surface area contributed by atoms with E-state index in [1.807, 2.05) is 0 Å². The summed E-state index contributed by atoms with van der Waals surface area (Å²) >= 11 is 5.73. The lowest BCUT2D eigenvalue weighted by Gasteiger charge is -2.10. The van der Waals surface area contributed by atoms with Crippen LogP contribution in [0.3, 0.4) is 0 Å². The number of aryl methyl sites for hydroxylation is 1. The average Bonchev–Trinajstić information content (AvgIpc) is 2.21. The van der Waals surface area contributed by atoms with Crippen LogP contribution in [0.1, 0.15) is 23.7 Å². The van der Waals surface area contributed by atoms with Crippen LogP contribution >= 0.6 is 11.6 Å². The number of hydrogen-bond acceptors (Lipinski definition) is 4. The maximum atomic E-state index is 10.9. The number of aromatic nitrogens is 1. The van der Waals surface area contributed by atoms with Crippen molar-refractivity contribution in [2.45, 2.75) is 19.4 Å². The standard InChI is InChI=1S/C10H12ClNO3/c1-6-3-7(5-12-10(6)11)8(13)4-9(14)15-2/h3,5,8,13H,4H2,1-2H3/t8-/m1/s1. The first-order valence-electron chi connectivity index (χ1n) is 4.41. The molecule has 0 aliphatic rings. The van der Waals surface area contributed by atoms with Gasteiger partial charge >= 0.3 is 5.97 Å². The molecule has 4 nitrogen and oxygen atoms in total. The molecule has 82 valence electrons. The third kappa shape index (κ3) is 3.18. The van der Waals surface area contributed by atoms with Gasteiger partial charge in [0.05, 0.1) is 19.6 Å². The number of halogens is 1. The predicted octanol–water partition coefficient (Wildman–Crippen LogP) is 1.64. The van der Waals surface area contributed by atoms with Crippen molar-refractivity contribution in [2.75, 3.05) is 7.11 Å². The van der Waals surface area contributed by atoms with Crippen LogP contribution in [-0.2, 0) is 9.53 Å². The number of nitrogens with zero attached hydrogens (tertiary/aromatic N) is 1. The Morgan fingerprint density at radius 2 is 2.40 bits per heavy atom. The maximum Gasteiger partial charge on any atom is 0.308 e. The largest absolute Gasteiger partial charge is 0.469 e. The molecule has 5 heteroatoms. The van der Waals surface area contributed by atoms with E-state index in [0.29, 0.717) is 10.7 Å². The molecular weight excluding hydrogens is 218 g/mol. The Kier molecular flexibility index (Phi) is 4.05. The third-order valence-electron chi connectivity index (χ3n) is 2.01. The number of rotatable bonds is 3. The Labute approximate surface area is 92.8 Å². The zero-order chi connectivity index (χ0) is 11.4. The minimum absolute atomic E-state index is 0.0841. The van der Waals surface area contributed by atoms with Crippen LogP contribution in [0.5, 0.6) is 0 Å². The number of carbonyl (C=O) groups excluding carboxylic acids is 1. The van der Waals surface area contributed by atoms with Crippen molar-refractivity contribution in [3.8, 4) is 0 Å². The van der Waals surface area contributed by atoms with Gasteiger partial charge in [0.15, 0.2) is 0 Å². The van der Waals surface area contributed by atoms with Crippen molar-refractivity contribution in [2.24, 2.45) is 0 Å². The number of methoxy groups -OCH3 is 1. The molecule has 0 saturated heterocycles. The molecular formula is C10H12ClNO3. The molecule has 1 rings (SSSR count). The van der Waals surface area contributed by atoms with E-state index in [4.69, 9.17) is 11.6 Å². The molecule has 0 bridgehead atoms. The molecule has 1 heterocycles. The van der Waals surface area contributed by atoms with Gasteiger partial charge in [0.1, 0.15) is 5.15 Å². The lowest BCUT2D eigenvalue weighted by Crippen LogP contribution is -2.08. The van der Waals surface area contributed by atoms with Crippen LogP contribution in [-0.4, -0.2) is 23.2 Å². The van der Waals surface area contributed by atoms with Gasteiger partial charge in [-0.25, -0.2) is 4.98 Å². The van der Waals surface area contributed by atoms with Crippen LogP contribution in [0, 0.1) is 6.92 Å². The molecule has 0 radical (unpaired) electrons. The zero-order valence-electron chi connectivity index (χ0n) is 8.53. The highest BCUT2D eigenvalue weighted by molar-refractivity contribution is 6.30. The minimum Gasteiger partial charge on any atom is -0.469 e. The van der Waals surface area contributed by atoms with E-state index in [2.05, 4.69) is 9.72 Å². The molecule has 0 aromatic carbocycles. The van der Waals surface area contributed by atoms with Crippen LogP contribution in [0.2, 0.25) is 5.15 Å². The molecule has 0 aliphatic heterocycles. The van der Waals surface area contributed by atoms with Gasteiger partial charge in [-0.2, -0.15) is 0 Å². The fourth-order valence-corrected chi connectivity index (χ4v) is 1.22. The Bertz CT molecular complexity index is 368. The number of ether oxygens (including phenoxy) is 1. The number of pyridine rings is 1. The summed E-state index contributed by atoms with van der Waals surface area (Å²) in [5.74, 6) is -0.463. The Morgan fingerprint density at radius 1 is 1.73 bits per heavy atom. The molecule has 0 unspecified atom stereocenters. The molecule has 15 heavy (non-hydrogen) atoms. The van der Waals surface area contributed by atoms with Gasteiger partial charge in [-0.15, -0.1) is 0 Å². The van der Waals surface area contributed by atoms with Crippen LogP contribution < -0.4 is 0 Å². The summed E-state index contributed by atoms with van der Waals surface area (Å²) in [6.07, 6.45) is 0.461. The number of aliphatic hydroxyl groups excluding tert-OH is 1. The zero-order valence-corrected chi connectivity index (χ0v) is 9.28. The lowest BCUT2D eigenvalue weighted by atomic mass is 10.1. The van der Waals surface area contributed by atoms with E-state index >= 15 is 0 Å². The van der Waals surface area contributed by atoms with E-state index in [-0.39, 0.29) is 6.42 Å². The summed E-state index contributed by atoms with van der Waals surface area (Å²) in [6, 6.07) is 1.70. The number of aliphatic hydroxyl groups is 1. The molecule has 0 saturated carbocycles. The number of hydrogen-bond donors (Lipinski definition) is 1. The molecule has 0 spiro atoms. The number of carbonyl (C=O) groups is 1. The fourth-order valence-electron chi connectivity index (χ4n) is 1.12. The van der Waals surface area contributed by atoms with Crippen molar-refractivity contribution < 1.29 is 14.6 Å². The Morgan fingerprint density at radius 3 is 2.93 bits per heavy atom. The molecule has 0 aliphatic carbocycles. The SMILES string of the molecule is COC(=O)C[C@@H](O)c1cnc(Cl)c(C)c1. The summed E-state index contributed by atoms with van der Waals surface area (Å²) in [4.78, 5) is 14.8. The monoisotopic (exact) mass is 229 g/mol. The van der Waals surface area contributed by atoms with E-state index < -0.39 is 12.1 Å². The Hall–Kier alpha value is -1.13. The summed E-state index contributed by atoms with van der Waals surface area (Å²) in [5, 5.41) is 10.0. The molecule has 0 amide bonds. The van der Waals surface area contributed by atoms with Crippen molar-refractivity contribution in [3.63, 3.8) is 0 Å². The minimum atomic E-state index is -0.902. The summed E-state index contributed by atoms with van der Waals surface area (Å²) in [6.45, 7) is 1.78. The molecule has 1 aromatic rings. The van der Waals surface area contributed by atoms with Crippen LogP contribution in [0.4, 0.5) is 0 Å². The second-order valence-corrected chi connectivity index (χ2v) is 3.53. The highest BCUT2D eigenvalue weighted by Crippen LogP contribution is 2.20. The van der Waals surface area contributed by atoms with Gasteiger partial charge in [-0.1, -0.05) is 11.6 Å². The lowest BCUT2D eigenvalue weighted by molar-refractivity contribution is -0.142. The molecule has 1 N–H and O–H groups in total. The van der Waals surface area contributed by atoms with Crippen molar-refractivity contribution in [1.82, 2.24) is 4.98 Å². The number of esters is 1. The fraction of sp³-hybridized carbons (Fsp3) is 0.400. The first-order chi connectivity index (χ1) is 7.04. The average molecular weight is 230 g/mol. The smallest absolute Gasteiger partial charge is 0.308 e. The normalized spacial score (nSPS) is 12.3. The van der Waals surface area contributed by atoms with Gasteiger partial charge in [0.2, 0.25) is 0 Å². The van der Waals surface area contributed by atoms with Gasteiger partial charge in [0, 0.05) is 6.20 Å². The molecule has 1 atom stereocenters. The second kappa shape index (κ2) is 5.09. The topological polar surface area (TPSA) is 59.4 Å². The third-order valence-corrected chi connectivity index (χ3v) is 2.40. The second-order valence-electron chi connectivity index (χ2n) is 3.17. The summed E-state index contributed by atoms with van der Waals surface area (Å²) in [5.41, 5.74) is 1.32. The molecule has 1 aromatic heterocycles. The highest BCUT2D eigenvalue weighted by Gasteiger charge is 2.14. The van der Waals surface area contributed by atoms with E-state index in [9.17, 15) is 9.90 Å². The van der Waals surface area contributed by atoms with E-state index in [1.165, 1.54) is 13.3 Å². The Balaban J connectivity index is 2.78. The molecule has 0 fully saturated rings. The van der Waals surface area contributed by atoms with Gasteiger partial charge in [0.25, 0.3) is 0 Å². The van der Waals surface area contributed by atoms with Crippen molar-refractivity contribution in [1.29, 1.82) is 0 Å². The highest BCUT2D eigenvalue weighted by atomic mass is 35.5.